The molecule has 0 aliphatic carbocycles. The number of furan rings is 1. The van der Waals surface area contributed by atoms with Gasteiger partial charge >= 0.3 is 0 Å². The number of nitrogens with zero attached hydrogens (tertiary/aromatic N) is 1. The first-order valence-corrected chi connectivity index (χ1v) is 10.2. The maximum absolute atomic E-state index is 13.6. The number of carbonyl (C=O) groups is 1. The standard InChI is InChI=1S/C19H17FN2O2S2/c1-11-2-4-16(24-11)19-21-13(10-26-19)9-18(23)22-15-6-7-25-17-5-3-12(20)8-14(15)17/h2-5,8,10,15H,6-7,9H2,1H3,(H,22,23)/t15-/m0/s1. The third kappa shape index (κ3) is 3.68. The molecule has 1 atom stereocenters. The maximum atomic E-state index is 13.6. The second kappa shape index (κ2) is 7.25. The third-order valence-electron chi connectivity index (χ3n) is 4.19. The summed E-state index contributed by atoms with van der Waals surface area (Å²) in [6.07, 6.45) is 0.991. The van der Waals surface area contributed by atoms with Crippen LogP contribution in [-0.2, 0) is 11.2 Å². The van der Waals surface area contributed by atoms with Crippen LogP contribution in [0.2, 0.25) is 0 Å². The fourth-order valence-corrected chi connectivity index (χ4v) is 4.86. The third-order valence-corrected chi connectivity index (χ3v) is 6.22. The van der Waals surface area contributed by atoms with Gasteiger partial charge in [-0.05, 0) is 49.2 Å². The van der Waals surface area contributed by atoms with E-state index in [1.165, 1.54) is 23.5 Å². The Kier molecular flexibility index (Phi) is 4.82. The molecule has 1 aromatic carbocycles. The van der Waals surface area contributed by atoms with Crippen molar-refractivity contribution in [1.29, 1.82) is 0 Å². The van der Waals surface area contributed by atoms with Crippen molar-refractivity contribution < 1.29 is 13.6 Å². The Labute approximate surface area is 158 Å². The highest BCUT2D eigenvalue weighted by Gasteiger charge is 2.23. The van der Waals surface area contributed by atoms with Gasteiger partial charge in [0.05, 0.1) is 18.2 Å². The van der Waals surface area contributed by atoms with Gasteiger partial charge in [-0.15, -0.1) is 23.1 Å². The highest BCUT2D eigenvalue weighted by Crippen LogP contribution is 2.36. The number of hydrogen-bond donors (Lipinski definition) is 1. The van der Waals surface area contributed by atoms with E-state index in [1.807, 2.05) is 24.4 Å². The summed E-state index contributed by atoms with van der Waals surface area (Å²) in [7, 11) is 0. The van der Waals surface area contributed by atoms with Crippen molar-refractivity contribution in [2.45, 2.75) is 30.7 Å². The van der Waals surface area contributed by atoms with Crippen molar-refractivity contribution in [2.75, 3.05) is 5.75 Å². The average Bonchev–Trinajstić information content (AvgIpc) is 3.24. The number of fused-ring (bicyclic) bond motifs is 1. The molecule has 0 fully saturated rings. The summed E-state index contributed by atoms with van der Waals surface area (Å²) in [6.45, 7) is 1.88. The van der Waals surface area contributed by atoms with E-state index in [4.69, 9.17) is 4.42 Å². The van der Waals surface area contributed by atoms with E-state index in [9.17, 15) is 9.18 Å². The number of thiazole rings is 1. The number of amides is 1. The molecule has 4 rings (SSSR count). The van der Waals surface area contributed by atoms with Gasteiger partial charge in [0.2, 0.25) is 5.91 Å². The van der Waals surface area contributed by atoms with Crippen molar-refractivity contribution in [3.05, 3.63) is 58.5 Å². The number of thioether (sulfide) groups is 1. The molecule has 0 radical (unpaired) electrons. The summed E-state index contributed by atoms with van der Waals surface area (Å²) < 4.78 is 19.1. The summed E-state index contributed by atoms with van der Waals surface area (Å²) in [6, 6.07) is 8.38. The second-order valence-electron chi connectivity index (χ2n) is 6.17. The van der Waals surface area contributed by atoms with Crippen molar-refractivity contribution in [3.63, 3.8) is 0 Å². The molecule has 1 N–H and O–H groups in total. The molecular weight excluding hydrogens is 371 g/mol. The molecule has 134 valence electrons. The van der Waals surface area contributed by atoms with E-state index < -0.39 is 0 Å². The summed E-state index contributed by atoms with van der Waals surface area (Å²) in [4.78, 5) is 18.0. The largest absolute Gasteiger partial charge is 0.459 e. The van der Waals surface area contributed by atoms with Crippen molar-refractivity contribution in [3.8, 4) is 10.8 Å². The normalized spacial score (nSPS) is 16.3. The Morgan fingerprint density at radius 3 is 3.08 bits per heavy atom. The van der Waals surface area contributed by atoms with Gasteiger partial charge < -0.3 is 9.73 Å². The first-order valence-electron chi connectivity index (χ1n) is 8.31. The molecule has 3 heterocycles. The zero-order chi connectivity index (χ0) is 18.1. The van der Waals surface area contributed by atoms with Crippen LogP contribution in [0.25, 0.3) is 10.8 Å². The molecule has 4 nitrogen and oxygen atoms in total. The van der Waals surface area contributed by atoms with Gasteiger partial charge in [0, 0.05) is 16.0 Å². The average molecular weight is 388 g/mol. The van der Waals surface area contributed by atoms with Crippen LogP contribution in [0.15, 0.2) is 45.0 Å². The van der Waals surface area contributed by atoms with Crippen molar-refractivity contribution in [2.24, 2.45) is 0 Å². The molecule has 1 aliphatic rings. The fraction of sp³-hybridized carbons (Fsp3) is 0.263. The molecule has 1 amide bonds. The maximum Gasteiger partial charge on any atom is 0.226 e. The number of benzene rings is 1. The summed E-state index contributed by atoms with van der Waals surface area (Å²) in [5.41, 5.74) is 1.57. The second-order valence-corrected chi connectivity index (χ2v) is 8.17. The number of carbonyl (C=O) groups excluding carboxylic acids is 1. The Hall–Kier alpha value is -2.12. The Bertz CT molecular complexity index is 951. The molecule has 1 aliphatic heterocycles. The molecule has 0 saturated heterocycles. The van der Waals surface area contributed by atoms with Crippen LogP contribution in [0.4, 0.5) is 4.39 Å². The molecule has 2 aromatic heterocycles. The van der Waals surface area contributed by atoms with Gasteiger partial charge in [0.25, 0.3) is 0 Å². The number of halogens is 1. The van der Waals surface area contributed by atoms with Gasteiger partial charge in [0.15, 0.2) is 10.8 Å². The lowest BCUT2D eigenvalue weighted by molar-refractivity contribution is -0.121. The van der Waals surface area contributed by atoms with Gasteiger partial charge in [-0.3, -0.25) is 4.79 Å². The smallest absolute Gasteiger partial charge is 0.226 e. The molecule has 3 aromatic rings. The van der Waals surface area contributed by atoms with Crippen LogP contribution < -0.4 is 5.32 Å². The molecule has 0 spiro atoms. The Balaban J connectivity index is 1.44. The van der Waals surface area contributed by atoms with Crippen LogP contribution in [0, 0.1) is 12.7 Å². The first-order chi connectivity index (χ1) is 12.6. The Morgan fingerprint density at radius 1 is 1.38 bits per heavy atom. The molecule has 0 bridgehead atoms. The minimum atomic E-state index is -0.275. The fourth-order valence-electron chi connectivity index (χ4n) is 2.98. The Morgan fingerprint density at radius 2 is 2.27 bits per heavy atom. The highest BCUT2D eigenvalue weighted by molar-refractivity contribution is 7.99. The monoisotopic (exact) mass is 388 g/mol. The van der Waals surface area contributed by atoms with E-state index in [-0.39, 0.29) is 24.2 Å². The van der Waals surface area contributed by atoms with Crippen molar-refractivity contribution >= 4 is 29.0 Å². The van der Waals surface area contributed by atoms with Crippen LogP contribution in [-0.4, -0.2) is 16.6 Å². The van der Waals surface area contributed by atoms with E-state index in [1.54, 1.807) is 17.8 Å². The lowest BCUT2D eigenvalue weighted by atomic mass is 10.0. The van der Waals surface area contributed by atoms with E-state index >= 15 is 0 Å². The quantitative estimate of drug-likeness (QED) is 0.701. The van der Waals surface area contributed by atoms with E-state index in [0.717, 1.165) is 33.4 Å². The zero-order valence-corrected chi connectivity index (χ0v) is 15.8. The lowest BCUT2D eigenvalue weighted by Gasteiger charge is -2.25. The molecule has 7 heteroatoms. The molecule has 0 unspecified atom stereocenters. The molecular formula is C19H17FN2O2S2. The van der Waals surface area contributed by atoms with Crippen LogP contribution in [0.3, 0.4) is 0 Å². The van der Waals surface area contributed by atoms with Gasteiger partial charge in [-0.1, -0.05) is 0 Å². The number of aromatic nitrogens is 1. The number of rotatable bonds is 4. The molecule has 0 saturated carbocycles. The summed E-state index contributed by atoms with van der Waals surface area (Å²) in [5, 5.41) is 5.66. The number of aryl methyl sites for hydroxylation is 1. The minimum Gasteiger partial charge on any atom is -0.459 e. The van der Waals surface area contributed by atoms with Gasteiger partial charge in [0.1, 0.15) is 11.6 Å². The summed E-state index contributed by atoms with van der Waals surface area (Å²) in [5.74, 6) is 2.07. The summed E-state index contributed by atoms with van der Waals surface area (Å²) >= 11 is 3.15. The number of nitrogens with one attached hydrogen (secondary N) is 1. The van der Waals surface area contributed by atoms with Crippen LogP contribution in [0.5, 0.6) is 0 Å². The minimum absolute atomic E-state index is 0.107. The predicted molar refractivity (Wildman–Crippen MR) is 101 cm³/mol. The van der Waals surface area contributed by atoms with Crippen LogP contribution >= 0.6 is 23.1 Å². The topological polar surface area (TPSA) is 55.1 Å². The highest BCUT2D eigenvalue weighted by atomic mass is 32.2. The first kappa shape index (κ1) is 17.3. The van der Waals surface area contributed by atoms with Crippen molar-refractivity contribution in [1.82, 2.24) is 10.3 Å². The van der Waals surface area contributed by atoms with E-state index in [0.29, 0.717) is 11.5 Å². The predicted octanol–water partition coefficient (Wildman–Crippen LogP) is 4.75. The zero-order valence-electron chi connectivity index (χ0n) is 14.1. The van der Waals surface area contributed by atoms with E-state index in [2.05, 4.69) is 10.3 Å². The van der Waals surface area contributed by atoms with Crippen LogP contribution in [0.1, 0.15) is 29.5 Å². The SMILES string of the molecule is Cc1ccc(-c2nc(CC(=O)N[C@H]3CCSc4ccc(F)cc43)cs2)o1. The molecule has 26 heavy (non-hydrogen) atoms. The van der Waals surface area contributed by atoms with Gasteiger partial charge in [-0.2, -0.15) is 0 Å². The lowest BCUT2D eigenvalue weighted by Crippen LogP contribution is -2.31. The van der Waals surface area contributed by atoms with Gasteiger partial charge in [-0.25, -0.2) is 9.37 Å². The number of hydrogen-bond acceptors (Lipinski definition) is 5.